The molecule has 1 N–H and O–H groups in total. The fourth-order valence-corrected chi connectivity index (χ4v) is 1.78. The third-order valence-corrected chi connectivity index (χ3v) is 2.84. The lowest BCUT2D eigenvalue weighted by Crippen LogP contribution is -2.04. The maximum Gasteiger partial charge on any atom is 0.189 e. The van der Waals surface area contributed by atoms with Gasteiger partial charge in [0.25, 0.3) is 0 Å². The summed E-state index contributed by atoms with van der Waals surface area (Å²) in [6.07, 6.45) is -0.835. The molecule has 1 atom stereocenters. The van der Waals surface area contributed by atoms with Gasteiger partial charge in [0.05, 0.1) is 12.7 Å². The minimum Gasteiger partial charge on any atom is -0.467 e. The highest BCUT2D eigenvalue weighted by Crippen LogP contribution is 2.21. The van der Waals surface area contributed by atoms with E-state index < -0.39 is 11.9 Å². The number of ether oxygens (including phenoxy) is 2. The molecule has 106 valence electrons. The summed E-state index contributed by atoms with van der Waals surface area (Å²) in [7, 11) is 0. The van der Waals surface area contributed by atoms with E-state index in [0.29, 0.717) is 12.4 Å². The second-order valence-corrected chi connectivity index (χ2v) is 4.46. The van der Waals surface area contributed by atoms with Crippen LogP contribution in [-0.4, -0.2) is 11.9 Å². The molecule has 20 heavy (non-hydrogen) atoms. The quantitative estimate of drug-likeness (QED) is 0.649. The fraction of sp³-hybridized carbons (Fsp3) is 0.250. The molecule has 0 amide bonds. The summed E-state index contributed by atoms with van der Waals surface area (Å²) in [4.78, 5) is 0. The van der Waals surface area contributed by atoms with Gasteiger partial charge < -0.3 is 14.6 Å². The Morgan fingerprint density at radius 3 is 2.55 bits per heavy atom. The highest BCUT2D eigenvalue weighted by molar-refractivity contribution is 5.29. The van der Waals surface area contributed by atoms with E-state index in [1.165, 1.54) is 19.1 Å². The van der Waals surface area contributed by atoms with Crippen molar-refractivity contribution in [3.63, 3.8) is 0 Å². The Balaban J connectivity index is 1.81. The first kappa shape index (κ1) is 14.5. The van der Waals surface area contributed by atoms with Crippen LogP contribution in [0.1, 0.15) is 24.2 Å². The zero-order valence-electron chi connectivity index (χ0n) is 11.3. The van der Waals surface area contributed by atoms with Crippen LogP contribution in [0, 0.1) is 5.82 Å². The van der Waals surface area contributed by atoms with Gasteiger partial charge in [0, 0.05) is 11.6 Å². The van der Waals surface area contributed by atoms with Crippen molar-refractivity contribution >= 4 is 0 Å². The number of hydrogen-bond acceptors (Lipinski definition) is 3. The van der Waals surface area contributed by atoms with Crippen LogP contribution in [0.25, 0.3) is 0 Å². The Morgan fingerprint density at radius 2 is 1.90 bits per heavy atom. The number of aliphatic hydroxyl groups is 1. The van der Waals surface area contributed by atoms with Gasteiger partial charge in [-0.3, -0.25) is 0 Å². The standard InChI is InChI=1S/C16H17FO3/c1-12(18)15-8-7-14(9-16(15)17)20-11-19-10-13-5-3-2-4-6-13/h2-9,12,18H,10-11H2,1H3/t12-/m1/s1. The zero-order chi connectivity index (χ0) is 14.4. The molecule has 2 aromatic rings. The van der Waals surface area contributed by atoms with E-state index in [2.05, 4.69) is 0 Å². The van der Waals surface area contributed by atoms with Gasteiger partial charge >= 0.3 is 0 Å². The van der Waals surface area contributed by atoms with Crippen LogP contribution in [0.15, 0.2) is 48.5 Å². The Hall–Kier alpha value is -1.91. The van der Waals surface area contributed by atoms with Crippen LogP contribution in [0.5, 0.6) is 5.75 Å². The second kappa shape index (κ2) is 7.03. The lowest BCUT2D eigenvalue weighted by atomic mass is 10.1. The number of halogens is 1. The van der Waals surface area contributed by atoms with E-state index in [-0.39, 0.29) is 12.4 Å². The second-order valence-electron chi connectivity index (χ2n) is 4.46. The van der Waals surface area contributed by atoms with Crippen LogP contribution in [0.4, 0.5) is 4.39 Å². The molecule has 0 unspecified atom stereocenters. The highest BCUT2D eigenvalue weighted by Gasteiger charge is 2.08. The van der Waals surface area contributed by atoms with Gasteiger partial charge in [-0.05, 0) is 24.6 Å². The number of aliphatic hydroxyl groups excluding tert-OH is 1. The van der Waals surface area contributed by atoms with Crippen molar-refractivity contribution in [2.75, 3.05) is 6.79 Å². The van der Waals surface area contributed by atoms with Crippen molar-refractivity contribution in [3.05, 3.63) is 65.5 Å². The summed E-state index contributed by atoms with van der Waals surface area (Å²) in [5, 5.41) is 9.33. The molecule has 0 saturated carbocycles. The van der Waals surface area contributed by atoms with E-state index in [0.717, 1.165) is 5.56 Å². The molecule has 2 aromatic carbocycles. The molecule has 0 aliphatic heterocycles. The Bertz CT molecular complexity index is 541. The molecule has 3 nitrogen and oxygen atoms in total. The Labute approximate surface area is 117 Å². The third-order valence-electron chi connectivity index (χ3n) is 2.84. The lowest BCUT2D eigenvalue weighted by Gasteiger charge is -2.10. The van der Waals surface area contributed by atoms with Crippen molar-refractivity contribution in [2.24, 2.45) is 0 Å². The number of hydrogen-bond donors (Lipinski definition) is 1. The van der Waals surface area contributed by atoms with E-state index in [9.17, 15) is 9.50 Å². The average molecular weight is 276 g/mol. The topological polar surface area (TPSA) is 38.7 Å². The molecule has 4 heteroatoms. The monoisotopic (exact) mass is 276 g/mol. The van der Waals surface area contributed by atoms with Gasteiger partial charge in [-0.1, -0.05) is 30.3 Å². The maximum absolute atomic E-state index is 13.6. The third kappa shape index (κ3) is 4.05. The van der Waals surface area contributed by atoms with E-state index >= 15 is 0 Å². The average Bonchev–Trinajstić information content (AvgIpc) is 2.44. The van der Waals surface area contributed by atoms with Crippen molar-refractivity contribution in [1.29, 1.82) is 0 Å². The van der Waals surface area contributed by atoms with Crippen LogP contribution >= 0.6 is 0 Å². The van der Waals surface area contributed by atoms with Crippen molar-refractivity contribution in [1.82, 2.24) is 0 Å². The summed E-state index contributed by atoms with van der Waals surface area (Å²) in [6, 6.07) is 14.1. The van der Waals surface area contributed by atoms with Gasteiger partial charge in [-0.25, -0.2) is 4.39 Å². The molecule has 0 aliphatic carbocycles. The SMILES string of the molecule is C[C@@H](O)c1ccc(OCOCc2ccccc2)cc1F. The van der Waals surface area contributed by atoms with Crippen molar-refractivity contribution < 1.29 is 19.0 Å². The van der Waals surface area contributed by atoms with Gasteiger partial charge in [-0.2, -0.15) is 0 Å². The molecule has 0 bridgehead atoms. The Morgan fingerprint density at radius 1 is 1.15 bits per heavy atom. The van der Waals surface area contributed by atoms with Gasteiger partial charge in [0.2, 0.25) is 0 Å². The largest absolute Gasteiger partial charge is 0.467 e. The molecule has 0 spiro atoms. The van der Waals surface area contributed by atoms with E-state index in [1.54, 1.807) is 6.07 Å². The first-order valence-corrected chi connectivity index (χ1v) is 6.39. The molecule has 0 fully saturated rings. The molecule has 0 saturated heterocycles. The van der Waals surface area contributed by atoms with Crippen LogP contribution in [0.2, 0.25) is 0 Å². The molecular weight excluding hydrogens is 259 g/mol. The summed E-state index contributed by atoms with van der Waals surface area (Å²) in [5.74, 6) is -0.111. The summed E-state index contributed by atoms with van der Waals surface area (Å²) in [6.45, 7) is 2.00. The summed E-state index contributed by atoms with van der Waals surface area (Å²) < 4.78 is 24.2. The lowest BCUT2D eigenvalue weighted by molar-refractivity contribution is 0.00486. The molecular formula is C16H17FO3. The highest BCUT2D eigenvalue weighted by atomic mass is 19.1. The normalized spacial score (nSPS) is 12.2. The number of rotatable bonds is 6. The van der Waals surface area contributed by atoms with Crippen LogP contribution in [0.3, 0.4) is 0 Å². The first-order valence-electron chi connectivity index (χ1n) is 6.39. The molecule has 0 aliphatic rings. The smallest absolute Gasteiger partial charge is 0.189 e. The molecule has 0 aromatic heterocycles. The first-order chi connectivity index (χ1) is 9.66. The summed E-state index contributed by atoms with van der Waals surface area (Å²) >= 11 is 0. The van der Waals surface area contributed by atoms with E-state index in [4.69, 9.17) is 9.47 Å². The predicted octanol–water partition coefficient (Wildman–Crippen LogP) is 3.43. The maximum atomic E-state index is 13.6. The van der Waals surface area contributed by atoms with Gasteiger partial charge in [-0.15, -0.1) is 0 Å². The summed E-state index contributed by atoms with van der Waals surface area (Å²) in [5.41, 5.74) is 1.30. The molecule has 0 radical (unpaired) electrons. The van der Waals surface area contributed by atoms with Crippen molar-refractivity contribution in [3.8, 4) is 5.75 Å². The minimum absolute atomic E-state index is 0.0440. The molecule has 2 rings (SSSR count). The number of benzene rings is 2. The van der Waals surface area contributed by atoms with Crippen molar-refractivity contribution in [2.45, 2.75) is 19.6 Å². The minimum atomic E-state index is -0.835. The van der Waals surface area contributed by atoms with E-state index in [1.807, 2.05) is 30.3 Å². The van der Waals surface area contributed by atoms with Gasteiger partial charge in [0.1, 0.15) is 11.6 Å². The predicted molar refractivity (Wildman–Crippen MR) is 73.8 cm³/mol. The van der Waals surface area contributed by atoms with Gasteiger partial charge in [0.15, 0.2) is 6.79 Å². The van der Waals surface area contributed by atoms with Crippen LogP contribution in [-0.2, 0) is 11.3 Å². The van der Waals surface area contributed by atoms with Crippen LogP contribution < -0.4 is 4.74 Å². The Kier molecular flexibility index (Phi) is 5.09. The fourth-order valence-electron chi connectivity index (χ4n) is 1.78. The molecule has 0 heterocycles. The zero-order valence-corrected chi connectivity index (χ0v) is 11.3.